The van der Waals surface area contributed by atoms with Crippen LogP contribution in [0.5, 0.6) is 0 Å². The van der Waals surface area contributed by atoms with E-state index < -0.39 is 0 Å². The molecule has 0 fully saturated rings. The summed E-state index contributed by atoms with van der Waals surface area (Å²) in [6, 6.07) is 10.9. The fourth-order valence-electron chi connectivity index (χ4n) is 2.37. The Labute approximate surface area is 129 Å². The van der Waals surface area contributed by atoms with E-state index >= 15 is 0 Å². The number of nitrogens with one attached hydrogen (secondary N) is 1. The summed E-state index contributed by atoms with van der Waals surface area (Å²) in [5.74, 6) is 0. The lowest BCUT2D eigenvalue weighted by atomic mass is 9.86. The lowest BCUT2D eigenvalue weighted by Crippen LogP contribution is -2.10. The average molecular weight is 381 g/mol. The van der Waals surface area contributed by atoms with Crippen molar-refractivity contribution in [2.75, 3.05) is 0 Å². The van der Waals surface area contributed by atoms with Crippen LogP contribution >= 0.6 is 31.9 Å². The maximum atomic E-state index is 3.64. The van der Waals surface area contributed by atoms with Gasteiger partial charge in [-0.3, -0.25) is 0 Å². The van der Waals surface area contributed by atoms with Gasteiger partial charge in [0.15, 0.2) is 0 Å². The highest BCUT2D eigenvalue weighted by atomic mass is 79.9. The third-order valence-electron chi connectivity index (χ3n) is 3.53. The molecule has 19 heavy (non-hydrogen) atoms. The van der Waals surface area contributed by atoms with E-state index in [0.29, 0.717) is 0 Å². The first kappa shape index (κ1) is 13.2. The average Bonchev–Trinajstić information content (AvgIpc) is 2.71. The summed E-state index contributed by atoms with van der Waals surface area (Å²) in [4.78, 5) is 3.49. The van der Waals surface area contributed by atoms with E-state index in [0.717, 1.165) is 14.5 Å². The Bertz CT molecular complexity index is 779. The third-order valence-corrected chi connectivity index (χ3v) is 5.55. The molecule has 1 N–H and O–H groups in total. The van der Waals surface area contributed by atoms with E-state index in [1.165, 1.54) is 21.9 Å². The van der Waals surface area contributed by atoms with Gasteiger partial charge < -0.3 is 4.98 Å². The molecule has 0 saturated heterocycles. The Hall–Kier alpha value is -0.800. The van der Waals surface area contributed by atoms with Crippen LogP contribution in [0.25, 0.3) is 21.8 Å². The molecule has 0 unspecified atom stereocenters. The standard InChI is InChI=1S/C16H15Br2N/c1-16(2,3)9-4-7-13-11(8-9)10-5-6-12(17)14(18)15(10)19-13/h4-8,19H,1-3H3. The van der Waals surface area contributed by atoms with Crippen LogP contribution in [0.4, 0.5) is 0 Å². The molecule has 0 bridgehead atoms. The van der Waals surface area contributed by atoms with Gasteiger partial charge in [-0.25, -0.2) is 0 Å². The first-order valence-corrected chi connectivity index (χ1v) is 7.86. The minimum atomic E-state index is 0.171. The SMILES string of the molecule is CC(C)(C)c1ccc2[nH]c3c(Br)c(Br)ccc3c2c1. The molecule has 2 aromatic carbocycles. The Morgan fingerprint density at radius 2 is 1.68 bits per heavy atom. The summed E-state index contributed by atoms with van der Waals surface area (Å²) in [6.07, 6.45) is 0. The Balaban J connectivity index is 2.40. The molecule has 0 aliphatic carbocycles. The van der Waals surface area contributed by atoms with Crippen LogP contribution < -0.4 is 0 Å². The zero-order valence-corrected chi connectivity index (χ0v) is 14.3. The number of fused-ring (bicyclic) bond motifs is 3. The number of hydrogen-bond donors (Lipinski definition) is 1. The molecule has 0 amide bonds. The molecule has 0 saturated carbocycles. The van der Waals surface area contributed by atoms with Gasteiger partial charge in [-0.2, -0.15) is 0 Å². The normalized spacial score (nSPS) is 12.5. The smallest absolute Gasteiger partial charge is 0.0620 e. The molecule has 3 rings (SSSR count). The van der Waals surface area contributed by atoms with Gasteiger partial charge in [0.25, 0.3) is 0 Å². The number of aromatic nitrogens is 1. The Kier molecular flexibility index (Phi) is 3.02. The summed E-state index contributed by atoms with van der Waals surface area (Å²) in [5.41, 5.74) is 3.86. The molecule has 98 valence electrons. The molecule has 0 aliphatic rings. The highest BCUT2D eigenvalue weighted by Crippen LogP contribution is 2.36. The van der Waals surface area contributed by atoms with Gasteiger partial charge >= 0.3 is 0 Å². The van der Waals surface area contributed by atoms with Crippen LogP contribution in [-0.2, 0) is 5.41 Å². The van der Waals surface area contributed by atoms with Crippen LogP contribution in [0.15, 0.2) is 39.3 Å². The van der Waals surface area contributed by atoms with Gasteiger partial charge in [-0.05, 0) is 61.0 Å². The number of aromatic amines is 1. The van der Waals surface area contributed by atoms with Crippen molar-refractivity contribution in [1.82, 2.24) is 4.98 Å². The van der Waals surface area contributed by atoms with Crippen molar-refractivity contribution in [1.29, 1.82) is 0 Å². The van der Waals surface area contributed by atoms with Crippen molar-refractivity contribution < 1.29 is 0 Å². The van der Waals surface area contributed by atoms with E-state index in [1.807, 2.05) is 0 Å². The van der Waals surface area contributed by atoms with Crippen molar-refractivity contribution in [2.45, 2.75) is 26.2 Å². The molecule has 0 aliphatic heterocycles. The second-order valence-electron chi connectivity index (χ2n) is 5.92. The monoisotopic (exact) mass is 379 g/mol. The first-order valence-electron chi connectivity index (χ1n) is 6.28. The molecule has 0 spiro atoms. The molecular weight excluding hydrogens is 366 g/mol. The highest BCUT2D eigenvalue weighted by Gasteiger charge is 2.16. The molecule has 0 radical (unpaired) electrons. The minimum absolute atomic E-state index is 0.171. The third kappa shape index (κ3) is 2.13. The van der Waals surface area contributed by atoms with Crippen molar-refractivity contribution in [3.05, 3.63) is 44.8 Å². The largest absolute Gasteiger partial charge is 0.354 e. The Morgan fingerprint density at radius 1 is 0.947 bits per heavy atom. The number of benzene rings is 2. The predicted molar refractivity (Wildman–Crippen MR) is 89.9 cm³/mol. The molecule has 0 atom stereocenters. The minimum Gasteiger partial charge on any atom is -0.354 e. The van der Waals surface area contributed by atoms with E-state index in [-0.39, 0.29) is 5.41 Å². The molecular formula is C16H15Br2N. The maximum absolute atomic E-state index is 3.64. The van der Waals surface area contributed by atoms with E-state index in [9.17, 15) is 0 Å². The van der Waals surface area contributed by atoms with E-state index in [2.05, 4.69) is 87.9 Å². The second kappa shape index (κ2) is 4.35. The van der Waals surface area contributed by atoms with Gasteiger partial charge in [0.05, 0.1) is 9.99 Å². The summed E-state index contributed by atoms with van der Waals surface area (Å²) < 4.78 is 2.15. The molecule has 3 aromatic rings. The topological polar surface area (TPSA) is 15.8 Å². The summed E-state index contributed by atoms with van der Waals surface area (Å²) in [7, 11) is 0. The van der Waals surface area contributed by atoms with Crippen LogP contribution in [0.3, 0.4) is 0 Å². The molecule has 1 nitrogen and oxygen atoms in total. The first-order chi connectivity index (χ1) is 8.88. The van der Waals surface area contributed by atoms with Crippen LogP contribution in [-0.4, -0.2) is 4.98 Å². The van der Waals surface area contributed by atoms with Crippen LogP contribution in [0.2, 0.25) is 0 Å². The van der Waals surface area contributed by atoms with Gasteiger partial charge in [-0.1, -0.05) is 32.9 Å². The highest BCUT2D eigenvalue weighted by molar-refractivity contribution is 9.13. The van der Waals surface area contributed by atoms with Crippen molar-refractivity contribution in [2.24, 2.45) is 0 Å². The Morgan fingerprint density at radius 3 is 2.37 bits per heavy atom. The summed E-state index contributed by atoms with van der Waals surface area (Å²) in [6.45, 7) is 6.74. The number of rotatable bonds is 0. The molecule has 3 heteroatoms. The fraction of sp³-hybridized carbons (Fsp3) is 0.250. The van der Waals surface area contributed by atoms with Crippen molar-refractivity contribution in [3.8, 4) is 0 Å². The number of H-pyrrole nitrogens is 1. The van der Waals surface area contributed by atoms with Gasteiger partial charge in [0, 0.05) is 20.8 Å². The van der Waals surface area contributed by atoms with Crippen molar-refractivity contribution >= 4 is 53.7 Å². The second-order valence-corrected chi connectivity index (χ2v) is 7.57. The van der Waals surface area contributed by atoms with E-state index in [1.54, 1.807) is 0 Å². The number of halogens is 2. The predicted octanol–water partition coefficient (Wildman–Crippen LogP) is 6.14. The fourth-order valence-corrected chi connectivity index (χ4v) is 3.15. The van der Waals surface area contributed by atoms with E-state index in [4.69, 9.17) is 0 Å². The zero-order chi connectivity index (χ0) is 13.8. The van der Waals surface area contributed by atoms with Gasteiger partial charge in [-0.15, -0.1) is 0 Å². The zero-order valence-electron chi connectivity index (χ0n) is 11.1. The lowest BCUT2D eigenvalue weighted by Gasteiger charge is -2.18. The summed E-state index contributed by atoms with van der Waals surface area (Å²) >= 11 is 7.19. The quantitative estimate of drug-likeness (QED) is 0.481. The van der Waals surface area contributed by atoms with Gasteiger partial charge in [0.2, 0.25) is 0 Å². The molecule has 1 heterocycles. The summed E-state index contributed by atoms with van der Waals surface area (Å²) in [5, 5.41) is 2.55. The lowest BCUT2D eigenvalue weighted by molar-refractivity contribution is 0.591. The van der Waals surface area contributed by atoms with Crippen LogP contribution in [0, 0.1) is 0 Å². The molecule has 1 aromatic heterocycles. The maximum Gasteiger partial charge on any atom is 0.0620 e. The van der Waals surface area contributed by atoms with Gasteiger partial charge in [0.1, 0.15) is 0 Å². The van der Waals surface area contributed by atoms with Crippen molar-refractivity contribution in [3.63, 3.8) is 0 Å². The van der Waals surface area contributed by atoms with Crippen LogP contribution in [0.1, 0.15) is 26.3 Å². The number of hydrogen-bond acceptors (Lipinski definition) is 0.